The average Bonchev–Trinajstić information content (AvgIpc) is 2.69. The molecule has 0 fully saturated rings. The van der Waals surface area contributed by atoms with E-state index in [1.165, 1.54) is 0 Å². The number of rotatable bonds is 8. The molecular formula is C24H32ClNO2Si. The second kappa shape index (κ2) is 10.2. The van der Waals surface area contributed by atoms with Crippen LogP contribution in [0.3, 0.4) is 0 Å². The molecule has 2 atom stereocenters. The minimum absolute atomic E-state index is 0.0464. The maximum Gasteiger partial charge on any atom is 0.251 e. The Morgan fingerprint density at radius 2 is 1.62 bits per heavy atom. The molecule has 2 aromatic rings. The van der Waals surface area contributed by atoms with Gasteiger partial charge >= 0.3 is 0 Å². The zero-order valence-electron chi connectivity index (χ0n) is 18.0. The molecule has 1 amide bonds. The summed E-state index contributed by atoms with van der Waals surface area (Å²) >= 11 is 5.94. The summed E-state index contributed by atoms with van der Waals surface area (Å²) < 4.78 is 6.74. The molecule has 0 saturated heterocycles. The van der Waals surface area contributed by atoms with Crippen LogP contribution in [-0.4, -0.2) is 26.2 Å². The fourth-order valence-corrected chi connectivity index (χ4v) is 4.10. The van der Waals surface area contributed by atoms with E-state index in [1.807, 2.05) is 72.8 Å². The molecule has 1 N–H and O–H groups in total. The highest BCUT2D eigenvalue weighted by Gasteiger charge is 2.40. The lowest BCUT2D eigenvalue weighted by Crippen LogP contribution is -2.47. The summed E-state index contributed by atoms with van der Waals surface area (Å²) in [5, 5.41) is 3.24. The molecule has 5 heteroatoms. The zero-order chi connectivity index (χ0) is 21.5. The normalized spacial score (nSPS) is 14.6. The Labute approximate surface area is 181 Å². The van der Waals surface area contributed by atoms with Gasteiger partial charge in [-0.2, -0.15) is 0 Å². The summed E-state index contributed by atoms with van der Waals surface area (Å²) in [6, 6.07) is 18.9. The average molecular weight is 430 g/mol. The van der Waals surface area contributed by atoms with Crippen molar-refractivity contribution >= 4 is 25.8 Å². The lowest BCUT2D eigenvalue weighted by atomic mass is 10.0. The first-order chi connectivity index (χ1) is 13.7. The van der Waals surface area contributed by atoms with Crippen molar-refractivity contribution in [3.8, 4) is 0 Å². The summed E-state index contributed by atoms with van der Waals surface area (Å²) in [6.45, 7) is 11.1. The molecule has 0 bridgehead atoms. The summed E-state index contributed by atoms with van der Waals surface area (Å²) in [5.74, 6) is 0.272. The second-order valence-electron chi connectivity index (χ2n) is 8.65. The Bertz CT molecular complexity index is 801. The smallest absolute Gasteiger partial charge is 0.251 e. The molecule has 0 unspecified atom stereocenters. The van der Waals surface area contributed by atoms with Gasteiger partial charge < -0.3 is 9.74 Å². The van der Waals surface area contributed by atoms with Gasteiger partial charge in [-0.3, -0.25) is 4.79 Å². The van der Waals surface area contributed by atoms with Gasteiger partial charge in [0.25, 0.3) is 5.91 Å². The highest BCUT2D eigenvalue weighted by molar-refractivity contribution is 6.74. The van der Waals surface area contributed by atoms with Gasteiger partial charge in [-0.25, -0.2) is 0 Å². The molecule has 0 aromatic heterocycles. The first-order valence-electron chi connectivity index (χ1n) is 9.97. The molecule has 3 nitrogen and oxygen atoms in total. The lowest BCUT2D eigenvalue weighted by Gasteiger charge is -2.41. The highest BCUT2D eigenvalue weighted by Crippen LogP contribution is 2.39. The number of hydrogen-bond donors (Lipinski definition) is 1. The van der Waals surface area contributed by atoms with Crippen molar-refractivity contribution in [2.75, 3.05) is 5.88 Å². The number of carbonyl (C=O) groups excluding carboxylic acids is 1. The van der Waals surface area contributed by atoms with Crippen molar-refractivity contribution < 1.29 is 9.22 Å². The Kier molecular flexibility index (Phi) is 8.26. The molecular weight excluding hydrogens is 398 g/mol. The quantitative estimate of drug-likeness (QED) is 0.302. The van der Waals surface area contributed by atoms with Crippen LogP contribution in [0, 0.1) is 0 Å². The number of amides is 1. The van der Waals surface area contributed by atoms with E-state index >= 15 is 0 Å². The van der Waals surface area contributed by atoms with Crippen molar-refractivity contribution in [2.45, 2.75) is 51.0 Å². The number of benzene rings is 2. The van der Waals surface area contributed by atoms with E-state index < -0.39 is 8.32 Å². The third kappa shape index (κ3) is 6.56. The van der Waals surface area contributed by atoms with Crippen molar-refractivity contribution in [1.29, 1.82) is 0 Å². The largest absolute Gasteiger partial charge is 0.408 e. The lowest BCUT2D eigenvalue weighted by molar-refractivity contribution is 0.0890. The van der Waals surface area contributed by atoms with E-state index in [0.717, 1.165) is 5.56 Å². The standard InChI is InChI=1S/C24H32ClNO2Si/c1-24(2,3)29(4,5)28-21(17-12-18-25)22(19-13-8-6-9-14-19)26-23(27)20-15-10-7-11-16-20/h6-17,21-22H,18H2,1-5H3,(H,26,27)/b17-12+/t21-,22+/m1/s1. The fourth-order valence-electron chi connectivity index (χ4n) is 2.75. The Hall–Kier alpha value is -1.88. The molecule has 0 saturated carbocycles. The third-order valence-corrected chi connectivity index (χ3v) is 10.1. The summed E-state index contributed by atoms with van der Waals surface area (Å²) in [7, 11) is -2.09. The van der Waals surface area contributed by atoms with Crippen molar-refractivity contribution in [3.63, 3.8) is 0 Å². The van der Waals surface area contributed by atoms with E-state index in [1.54, 1.807) is 0 Å². The number of alkyl halides is 1. The van der Waals surface area contributed by atoms with Gasteiger partial charge in [-0.15, -0.1) is 11.6 Å². The molecule has 156 valence electrons. The molecule has 2 rings (SSSR count). The van der Waals surface area contributed by atoms with Crippen molar-refractivity contribution in [3.05, 3.63) is 83.9 Å². The Balaban J connectivity index is 2.42. The number of carbonyl (C=O) groups is 1. The number of allylic oxidation sites excluding steroid dienone is 1. The first kappa shape index (κ1) is 23.4. The third-order valence-electron chi connectivity index (χ3n) is 5.46. The van der Waals surface area contributed by atoms with Gasteiger partial charge in [0.15, 0.2) is 8.32 Å². The summed E-state index contributed by atoms with van der Waals surface area (Å²) in [6.07, 6.45) is 3.56. The zero-order valence-corrected chi connectivity index (χ0v) is 19.7. The van der Waals surface area contributed by atoms with Gasteiger partial charge in [0, 0.05) is 11.4 Å². The molecule has 0 radical (unpaired) electrons. The molecule has 2 aromatic carbocycles. The molecule has 0 aliphatic carbocycles. The predicted octanol–water partition coefficient (Wildman–Crippen LogP) is 6.34. The fraction of sp³-hybridized carbons (Fsp3) is 0.375. The van der Waals surface area contributed by atoms with Gasteiger partial charge in [0.1, 0.15) is 0 Å². The van der Waals surface area contributed by atoms with E-state index in [2.05, 4.69) is 39.2 Å². The van der Waals surface area contributed by atoms with Crippen molar-refractivity contribution in [2.24, 2.45) is 0 Å². The molecule has 0 aliphatic heterocycles. The SMILES string of the molecule is CC(C)(C)[Si](C)(C)O[C@H](/C=C/CCl)[C@@H](NC(=O)c1ccccc1)c1ccccc1. The molecule has 0 heterocycles. The minimum atomic E-state index is -2.09. The predicted molar refractivity (Wildman–Crippen MR) is 125 cm³/mol. The topological polar surface area (TPSA) is 38.3 Å². The molecule has 0 aliphatic rings. The number of nitrogens with one attached hydrogen (secondary N) is 1. The first-order valence-corrected chi connectivity index (χ1v) is 13.4. The number of hydrogen-bond acceptors (Lipinski definition) is 2. The van der Waals surface area contributed by atoms with Crippen LogP contribution in [0.15, 0.2) is 72.8 Å². The van der Waals surface area contributed by atoms with Crippen LogP contribution in [0.25, 0.3) is 0 Å². The van der Waals surface area contributed by atoms with Crippen LogP contribution in [-0.2, 0) is 4.43 Å². The van der Waals surface area contributed by atoms with E-state index in [9.17, 15) is 4.79 Å². The van der Waals surface area contributed by atoms with Gasteiger partial charge in [0.2, 0.25) is 0 Å². The molecule has 29 heavy (non-hydrogen) atoms. The van der Waals surface area contributed by atoms with E-state index in [0.29, 0.717) is 11.4 Å². The van der Waals surface area contributed by atoms with Crippen molar-refractivity contribution in [1.82, 2.24) is 5.32 Å². The molecule has 0 spiro atoms. The van der Waals surface area contributed by atoms with Crippen LogP contribution >= 0.6 is 11.6 Å². The van der Waals surface area contributed by atoms with Gasteiger partial charge in [0.05, 0.1) is 12.1 Å². The maximum absolute atomic E-state index is 13.0. The van der Waals surface area contributed by atoms with Crippen LogP contribution < -0.4 is 5.32 Å². The van der Waals surface area contributed by atoms with Crippen LogP contribution in [0.4, 0.5) is 0 Å². The maximum atomic E-state index is 13.0. The minimum Gasteiger partial charge on any atom is -0.408 e. The van der Waals surface area contributed by atoms with Crippen LogP contribution in [0.2, 0.25) is 18.1 Å². The monoisotopic (exact) mass is 429 g/mol. The Morgan fingerprint density at radius 1 is 1.07 bits per heavy atom. The highest BCUT2D eigenvalue weighted by atomic mass is 35.5. The number of halogens is 1. The summed E-state index contributed by atoms with van der Waals surface area (Å²) in [4.78, 5) is 13.0. The van der Waals surface area contributed by atoms with E-state index in [-0.39, 0.29) is 23.1 Å². The Morgan fingerprint density at radius 3 is 2.14 bits per heavy atom. The van der Waals surface area contributed by atoms with Gasteiger partial charge in [-0.05, 0) is 35.8 Å². The van der Waals surface area contributed by atoms with E-state index in [4.69, 9.17) is 16.0 Å². The summed E-state index contributed by atoms with van der Waals surface area (Å²) in [5.41, 5.74) is 1.63. The van der Waals surface area contributed by atoms with Gasteiger partial charge in [-0.1, -0.05) is 81.5 Å². The van der Waals surface area contributed by atoms with Crippen LogP contribution in [0.1, 0.15) is 42.7 Å². The second-order valence-corrected chi connectivity index (χ2v) is 13.7. The van der Waals surface area contributed by atoms with Crippen LogP contribution in [0.5, 0.6) is 0 Å².